The number of nitrogens with zero attached hydrogens (tertiary/aromatic N) is 5. The smallest absolute Gasteiger partial charge is 0.361 e. The van der Waals surface area contributed by atoms with Crippen molar-refractivity contribution in [1.29, 1.82) is 0 Å². The van der Waals surface area contributed by atoms with E-state index in [1.165, 1.54) is 6.20 Å². The van der Waals surface area contributed by atoms with E-state index in [1.807, 2.05) is 67.3 Å². The van der Waals surface area contributed by atoms with Crippen molar-refractivity contribution < 1.29 is 19.1 Å². The van der Waals surface area contributed by atoms with Crippen molar-refractivity contribution >= 4 is 23.5 Å². The zero-order valence-electron chi connectivity index (χ0n) is 20.5. The second-order valence-corrected chi connectivity index (χ2v) is 8.84. The summed E-state index contributed by atoms with van der Waals surface area (Å²) in [5, 5.41) is 10.8. The van der Waals surface area contributed by atoms with E-state index in [4.69, 9.17) is 4.74 Å². The van der Waals surface area contributed by atoms with E-state index in [2.05, 4.69) is 15.6 Å². The monoisotopic (exact) mass is 490 g/mol. The van der Waals surface area contributed by atoms with Gasteiger partial charge in [0.05, 0.1) is 19.3 Å². The molecule has 1 aliphatic rings. The number of amides is 2. The minimum atomic E-state index is -0.690. The summed E-state index contributed by atoms with van der Waals surface area (Å²) in [4.78, 5) is 41.0. The minimum Gasteiger partial charge on any atom is -0.451 e. The quantitative estimate of drug-likeness (QED) is 0.480. The van der Waals surface area contributed by atoms with Crippen molar-refractivity contribution in [2.45, 2.75) is 20.4 Å². The number of para-hydroxylation sites is 1. The fourth-order valence-corrected chi connectivity index (χ4v) is 4.08. The van der Waals surface area contributed by atoms with Gasteiger partial charge in [0.15, 0.2) is 12.3 Å². The lowest BCUT2D eigenvalue weighted by Gasteiger charge is -2.34. The molecule has 1 N–H and O–H groups in total. The first-order valence-corrected chi connectivity index (χ1v) is 11.9. The molecule has 1 aromatic heterocycles. The van der Waals surface area contributed by atoms with Gasteiger partial charge in [-0.1, -0.05) is 53.7 Å². The fourth-order valence-electron chi connectivity index (χ4n) is 4.08. The third-order valence-corrected chi connectivity index (χ3v) is 6.10. The van der Waals surface area contributed by atoms with Crippen LogP contribution in [0.2, 0.25) is 0 Å². The van der Waals surface area contributed by atoms with E-state index in [-0.39, 0.29) is 30.7 Å². The Bertz CT molecular complexity index is 1200. The summed E-state index contributed by atoms with van der Waals surface area (Å²) in [6, 6.07) is 15.6. The lowest BCUT2D eigenvalue weighted by atomic mass is 10.1. The average molecular weight is 491 g/mol. The summed E-state index contributed by atoms with van der Waals surface area (Å²) in [6.45, 7) is 6.34. The topological polar surface area (TPSA) is 110 Å². The highest BCUT2D eigenvalue weighted by Crippen LogP contribution is 2.19. The molecule has 1 fully saturated rings. The van der Waals surface area contributed by atoms with Gasteiger partial charge in [-0.2, -0.15) is 0 Å². The molecular formula is C26H30N6O4. The molecule has 0 bridgehead atoms. The van der Waals surface area contributed by atoms with Gasteiger partial charge in [-0.25, -0.2) is 9.48 Å². The molecule has 0 aliphatic carbocycles. The van der Waals surface area contributed by atoms with Crippen LogP contribution in [0.15, 0.2) is 54.7 Å². The highest BCUT2D eigenvalue weighted by Gasteiger charge is 2.24. The third kappa shape index (κ3) is 6.54. The molecule has 4 rings (SSSR count). The first kappa shape index (κ1) is 25.1. The molecular weight excluding hydrogens is 460 g/mol. The highest BCUT2D eigenvalue weighted by molar-refractivity contribution is 5.93. The van der Waals surface area contributed by atoms with Gasteiger partial charge in [-0.3, -0.25) is 14.5 Å². The summed E-state index contributed by atoms with van der Waals surface area (Å²) >= 11 is 0. The molecule has 1 aliphatic heterocycles. The fraction of sp³-hybridized carbons (Fsp3) is 0.346. The Morgan fingerprint density at radius 2 is 1.64 bits per heavy atom. The molecule has 2 aromatic carbocycles. The van der Waals surface area contributed by atoms with Crippen LogP contribution in [-0.4, -0.2) is 81.9 Å². The molecule has 10 nitrogen and oxygen atoms in total. The molecule has 0 atom stereocenters. The Kier molecular flexibility index (Phi) is 8.06. The molecule has 0 radical (unpaired) electrons. The summed E-state index contributed by atoms with van der Waals surface area (Å²) < 4.78 is 6.71. The summed E-state index contributed by atoms with van der Waals surface area (Å²) in [5.41, 5.74) is 3.97. The second kappa shape index (κ2) is 11.6. The van der Waals surface area contributed by atoms with Crippen LogP contribution in [0, 0.1) is 13.8 Å². The van der Waals surface area contributed by atoms with Gasteiger partial charge in [0.1, 0.15) is 0 Å². The van der Waals surface area contributed by atoms with Gasteiger partial charge in [-0.05, 0) is 30.5 Å². The van der Waals surface area contributed by atoms with Crippen LogP contribution in [-0.2, 0) is 20.9 Å². The van der Waals surface area contributed by atoms with Crippen molar-refractivity contribution in [2.24, 2.45) is 0 Å². The number of nitrogens with one attached hydrogen (secondary N) is 1. The molecule has 36 heavy (non-hydrogen) atoms. The Hall–Kier alpha value is -4.05. The van der Waals surface area contributed by atoms with Gasteiger partial charge in [0.2, 0.25) is 5.91 Å². The van der Waals surface area contributed by atoms with Crippen LogP contribution in [0.1, 0.15) is 27.2 Å². The van der Waals surface area contributed by atoms with E-state index in [0.29, 0.717) is 32.7 Å². The van der Waals surface area contributed by atoms with Crippen molar-refractivity contribution in [3.05, 3.63) is 77.1 Å². The zero-order valence-corrected chi connectivity index (χ0v) is 20.5. The number of esters is 1. The largest absolute Gasteiger partial charge is 0.451 e. The van der Waals surface area contributed by atoms with Gasteiger partial charge < -0.3 is 15.0 Å². The highest BCUT2D eigenvalue weighted by atomic mass is 16.5. The number of benzene rings is 2. The normalized spacial score (nSPS) is 13.9. The van der Waals surface area contributed by atoms with E-state index >= 15 is 0 Å². The molecule has 0 unspecified atom stereocenters. The molecule has 3 aromatic rings. The Morgan fingerprint density at radius 1 is 0.944 bits per heavy atom. The van der Waals surface area contributed by atoms with Gasteiger partial charge in [-0.15, -0.1) is 5.10 Å². The molecule has 188 valence electrons. The number of piperazine rings is 1. The predicted molar refractivity (Wildman–Crippen MR) is 133 cm³/mol. The van der Waals surface area contributed by atoms with Gasteiger partial charge in [0, 0.05) is 31.9 Å². The lowest BCUT2D eigenvalue weighted by molar-refractivity contribution is -0.136. The molecule has 1 saturated heterocycles. The number of ether oxygens (including phenoxy) is 1. The van der Waals surface area contributed by atoms with Crippen LogP contribution in [0.3, 0.4) is 0 Å². The molecule has 0 saturated carbocycles. The maximum absolute atomic E-state index is 12.5. The SMILES string of the molecule is Cc1cccc(C)c1NC(=O)CN1CCN(C(=O)COC(=O)c2cn(Cc3ccccc3)nn2)CC1. The predicted octanol–water partition coefficient (Wildman–Crippen LogP) is 1.88. The number of anilines is 1. The number of rotatable bonds is 8. The van der Waals surface area contributed by atoms with Crippen LogP contribution in [0.4, 0.5) is 5.69 Å². The number of aryl methyl sites for hydroxylation is 2. The van der Waals surface area contributed by atoms with Crippen LogP contribution < -0.4 is 5.32 Å². The van der Waals surface area contributed by atoms with Crippen LogP contribution >= 0.6 is 0 Å². The number of hydrogen-bond acceptors (Lipinski definition) is 7. The number of hydrogen-bond donors (Lipinski definition) is 1. The number of carbonyl (C=O) groups excluding carboxylic acids is 3. The Balaban J connectivity index is 1.18. The van der Waals surface area contributed by atoms with Crippen molar-refractivity contribution in [3.8, 4) is 0 Å². The van der Waals surface area contributed by atoms with E-state index in [1.54, 1.807) is 9.58 Å². The van der Waals surface area contributed by atoms with Crippen molar-refractivity contribution in [2.75, 3.05) is 44.6 Å². The summed E-state index contributed by atoms with van der Waals surface area (Å²) in [5.74, 6) is -1.05. The molecule has 10 heteroatoms. The maximum atomic E-state index is 12.5. The van der Waals surface area contributed by atoms with E-state index in [0.717, 1.165) is 22.4 Å². The van der Waals surface area contributed by atoms with E-state index < -0.39 is 5.97 Å². The summed E-state index contributed by atoms with van der Waals surface area (Å²) in [6.07, 6.45) is 1.50. The zero-order chi connectivity index (χ0) is 25.5. The Morgan fingerprint density at radius 3 is 2.33 bits per heavy atom. The first-order valence-electron chi connectivity index (χ1n) is 11.9. The lowest BCUT2D eigenvalue weighted by Crippen LogP contribution is -2.51. The van der Waals surface area contributed by atoms with Crippen molar-refractivity contribution in [3.63, 3.8) is 0 Å². The summed E-state index contributed by atoms with van der Waals surface area (Å²) in [7, 11) is 0. The van der Waals surface area contributed by atoms with Crippen molar-refractivity contribution in [1.82, 2.24) is 24.8 Å². The van der Waals surface area contributed by atoms with Gasteiger partial charge >= 0.3 is 5.97 Å². The maximum Gasteiger partial charge on any atom is 0.361 e. The van der Waals surface area contributed by atoms with Crippen LogP contribution in [0.25, 0.3) is 0 Å². The average Bonchev–Trinajstić information content (AvgIpc) is 3.34. The van der Waals surface area contributed by atoms with E-state index in [9.17, 15) is 14.4 Å². The molecule has 2 heterocycles. The number of aromatic nitrogens is 3. The molecule has 2 amide bonds. The minimum absolute atomic E-state index is 0.0541. The number of carbonyl (C=O) groups is 3. The first-order chi connectivity index (χ1) is 17.4. The standard InChI is InChI=1S/C26H30N6O4/c1-19-7-6-8-20(2)25(19)27-23(33)17-30-11-13-31(14-12-30)24(34)18-36-26(35)22-16-32(29-28-22)15-21-9-4-3-5-10-21/h3-10,16H,11-15,17-18H2,1-2H3,(H,27,33). The molecule has 0 spiro atoms. The second-order valence-electron chi connectivity index (χ2n) is 8.84. The third-order valence-electron chi connectivity index (χ3n) is 6.10. The Labute approximate surface area is 209 Å². The van der Waals surface area contributed by atoms with Crippen LogP contribution in [0.5, 0.6) is 0 Å². The van der Waals surface area contributed by atoms with Gasteiger partial charge in [0.25, 0.3) is 5.91 Å².